The molecule has 0 spiro atoms. The Labute approximate surface area is 159 Å². The summed E-state index contributed by atoms with van der Waals surface area (Å²) >= 11 is 0. The molecule has 1 aromatic rings. The molecule has 0 bridgehead atoms. The number of carbonyl (C=O) groups is 1. The third kappa shape index (κ3) is 3.59. The second-order valence-electron chi connectivity index (χ2n) is 8.48. The van der Waals surface area contributed by atoms with Crippen LogP contribution in [-0.4, -0.2) is 37.0 Å². The number of anilines is 2. The van der Waals surface area contributed by atoms with Crippen molar-refractivity contribution < 1.29 is 9.72 Å². The summed E-state index contributed by atoms with van der Waals surface area (Å²) in [4.78, 5) is 26.4. The molecule has 2 aliphatic carbocycles. The van der Waals surface area contributed by atoms with Gasteiger partial charge >= 0.3 is 0 Å². The van der Waals surface area contributed by atoms with Crippen molar-refractivity contribution in [1.29, 1.82) is 0 Å². The molecule has 1 heterocycles. The van der Waals surface area contributed by atoms with Crippen LogP contribution in [0.5, 0.6) is 0 Å². The van der Waals surface area contributed by atoms with Gasteiger partial charge in [-0.1, -0.05) is 6.92 Å². The van der Waals surface area contributed by atoms with Gasteiger partial charge in [-0.15, -0.1) is 0 Å². The first-order valence-electron chi connectivity index (χ1n) is 10.0. The predicted octanol–water partition coefficient (Wildman–Crippen LogP) is 3.40. The van der Waals surface area contributed by atoms with Crippen LogP contribution in [-0.2, 0) is 0 Å². The van der Waals surface area contributed by atoms with Crippen LogP contribution in [0.1, 0.15) is 49.4 Å². The molecule has 3 aliphatic rings. The summed E-state index contributed by atoms with van der Waals surface area (Å²) in [5, 5.41) is 17.5. The summed E-state index contributed by atoms with van der Waals surface area (Å²) in [6.45, 7) is 4.12. The number of nitro groups is 1. The molecular weight excluding hydrogens is 344 g/mol. The maximum atomic E-state index is 13.1. The Balaban J connectivity index is 1.62. The maximum absolute atomic E-state index is 13.1. The van der Waals surface area contributed by atoms with Crippen molar-refractivity contribution in [3.8, 4) is 0 Å². The highest BCUT2D eigenvalue weighted by atomic mass is 16.6. The first kappa shape index (κ1) is 18.1. The highest BCUT2D eigenvalue weighted by Crippen LogP contribution is 2.47. The number of hydrogen-bond acceptors (Lipinski definition) is 5. The van der Waals surface area contributed by atoms with Crippen molar-refractivity contribution in [1.82, 2.24) is 5.32 Å². The molecule has 3 fully saturated rings. The van der Waals surface area contributed by atoms with Gasteiger partial charge in [0.2, 0.25) is 0 Å². The van der Waals surface area contributed by atoms with Crippen molar-refractivity contribution in [2.75, 3.05) is 30.4 Å². The summed E-state index contributed by atoms with van der Waals surface area (Å²) in [5.41, 5.74) is 1.66. The molecule has 0 radical (unpaired) electrons. The number of nitrogens with one attached hydrogen (secondary N) is 2. The van der Waals surface area contributed by atoms with E-state index >= 15 is 0 Å². The van der Waals surface area contributed by atoms with Gasteiger partial charge in [0.1, 0.15) is 5.69 Å². The Morgan fingerprint density at radius 2 is 1.85 bits per heavy atom. The minimum absolute atomic E-state index is 0.0481. The SMILES string of the molecule is CNc1cc(N2CC3CC3C2)c(C(=O)N[C@H]2CC[C@@H](C)CC2)cc1[N+](=O)[O-]. The zero-order chi connectivity index (χ0) is 19.1. The number of fused-ring (bicyclic) bond motifs is 1. The van der Waals surface area contributed by atoms with Gasteiger partial charge in [-0.05, 0) is 55.9 Å². The Morgan fingerprint density at radius 1 is 1.19 bits per heavy atom. The molecule has 1 amide bonds. The highest BCUT2D eigenvalue weighted by molar-refractivity contribution is 6.02. The lowest BCUT2D eigenvalue weighted by atomic mass is 9.87. The smallest absolute Gasteiger partial charge is 0.293 e. The van der Waals surface area contributed by atoms with E-state index in [0.29, 0.717) is 29.0 Å². The van der Waals surface area contributed by atoms with E-state index < -0.39 is 4.92 Å². The minimum Gasteiger partial charge on any atom is -0.383 e. The lowest BCUT2D eigenvalue weighted by Crippen LogP contribution is -2.38. The van der Waals surface area contributed by atoms with Gasteiger partial charge in [-0.25, -0.2) is 0 Å². The summed E-state index contributed by atoms with van der Waals surface area (Å²) in [5.74, 6) is 1.96. The predicted molar refractivity (Wildman–Crippen MR) is 105 cm³/mol. The van der Waals surface area contributed by atoms with E-state index in [9.17, 15) is 14.9 Å². The van der Waals surface area contributed by atoms with Gasteiger partial charge in [-0.3, -0.25) is 14.9 Å². The van der Waals surface area contributed by atoms with Gasteiger partial charge in [-0.2, -0.15) is 0 Å². The molecule has 4 rings (SSSR count). The number of nitro benzene ring substituents is 1. The van der Waals surface area contributed by atoms with E-state index in [1.54, 1.807) is 13.1 Å². The number of nitrogens with zero attached hydrogens (tertiary/aromatic N) is 2. The summed E-state index contributed by atoms with van der Waals surface area (Å²) in [6.07, 6.45) is 5.46. The fourth-order valence-electron chi connectivity index (χ4n) is 4.63. The normalized spacial score (nSPS) is 29.2. The molecule has 1 aromatic carbocycles. The first-order chi connectivity index (χ1) is 13.0. The Bertz CT molecular complexity index is 748. The summed E-state index contributed by atoms with van der Waals surface area (Å²) < 4.78 is 0. The van der Waals surface area contributed by atoms with E-state index in [1.807, 2.05) is 0 Å². The van der Waals surface area contributed by atoms with Crippen molar-refractivity contribution >= 4 is 23.0 Å². The standard InChI is InChI=1S/C20H28N4O3/c1-12-3-5-15(6-4-12)22-20(25)16-8-19(24(26)27)17(21-2)9-18(16)23-10-13-7-14(13)11-23/h8-9,12-15,21H,3-7,10-11H2,1-2H3,(H,22,25)/t12-,13?,14?,15+. The van der Waals surface area contributed by atoms with Gasteiger partial charge in [0.15, 0.2) is 0 Å². The van der Waals surface area contributed by atoms with Crippen molar-refractivity contribution in [3.63, 3.8) is 0 Å². The Kier molecular flexibility index (Phi) is 4.70. The number of hydrogen-bond donors (Lipinski definition) is 2. The van der Waals surface area contributed by atoms with Crippen molar-refractivity contribution in [2.45, 2.75) is 45.1 Å². The van der Waals surface area contributed by atoms with E-state index in [0.717, 1.165) is 44.5 Å². The Hall–Kier alpha value is -2.31. The lowest BCUT2D eigenvalue weighted by molar-refractivity contribution is -0.383. The first-order valence-corrected chi connectivity index (χ1v) is 10.0. The number of piperidine rings is 1. The molecule has 7 nitrogen and oxygen atoms in total. The number of amides is 1. The van der Waals surface area contributed by atoms with Crippen LogP contribution in [0.2, 0.25) is 0 Å². The second kappa shape index (κ2) is 7.02. The molecule has 7 heteroatoms. The zero-order valence-electron chi connectivity index (χ0n) is 16.0. The minimum atomic E-state index is -0.421. The fourth-order valence-corrected chi connectivity index (χ4v) is 4.63. The molecule has 2 atom stereocenters. The van der Waals surface area contributed by atoms with E-state index in [4.69, 9.17) is 0 Å². The second-order valence-corrected chi connectivity index (χ2v) is 8.48. The quantitative estimate of drug-likeness (QED) is 0.611. The van der Waals surface area contributed by atoms with Crippen LogP contribution in [0, 0.1) is 27.9 Å². The molecule has 146 valence electrons. The molecule has 2 saturated carbocycles. The topological polar surface area (TPSA) is 87.5 Å². The zero-order valence-corrected chi connectivity index (χ0v) is 16.0. The number of rotatable bonds is 5. The highest BCUT2D eigenvalue weighted by Gasteiger charge is 2.46. The van der Waals surface area contributed by atoms with Gasteiger partial charge in [0, 0.05) is 32.2 Å². The van der Waals surface area contributed by atoms with Crippen LogP contribution in [0.25, 0.3) is 0 Å². The molecule has 27 heavy (non-hydrogen) atoms. The van der Waals surface area contributed by atoms with Crippen molar-refractivity contribution in [2.24, 2.45) is 17.8 Å². The average molecular weight is 372 g/mol. The third-order valence-electron chi connectivity index (χ3n) is 6.50. The van der Waals surface area contributed by atoms with Crippen LogP contribution in [0.3, 0.4) is 0 Å². The summed E-state index contributed by atoms with van der Waals surface area (Å²) in [6, 6.07) is 3.39. The number of benzene rings is 1. The van der Waals surface area contributed by atoms with E-state index in [1.165, 1.54) is 12.5 Å². The molecular formula is C20H28N4O3. The van der Waals surface area contributed by atoms with Gasteiger partial charge in [0.05, 0.1) is 16.2 Å². The fraction of sp³-hybridized carbons (Fsp3) is 0.650. The third-order valence-corrected chi connectivity index (χ3v) is 6.50. The largest absolute Gasteiger partial charge is 0.383 e. The van der Waals surface area contributed by atoms with Crippen LogP contribution >= 0.6 is 0 Å². The van der Waals surface area contributed by atoms with Gasteiger partial charge < -0.3 is 15.5 Å². The Morgan fingerprint density at radius 3 is 2.44 bits per heavy atom. The lowest BCUT2D eigenvalue weighted by Gasteiger charge is -2.28. The molecule has 2 unspecified atom stereocenters. The molecule has 2 N–H and O–H groups in total. The van der Waals surface area contributed by atoms with Crippen LogP contribution < -0.4 is 15.5 Å². The monoisotopic (exact) mass is 372 g/mol. The van der Waals surface area contributed by atoms with Crippen molar-refractivity contribution in [3.05, 3.63) is 27.8 Å². The molecule has 1 saturated heterocycles. The van der Waals surface area contributed by atoms with Crippen LogP contribution in [0.15, 0.2) is 12.1 Å². The maximum Gasteiger partial charge on any atom is 0.293 e. The average Bonchev–Trinajstić information content (AvgIpc) is 3.27. The molecule has 0 aromatic heterocycles. The summed E-state index contributed by atoms with van der Waals surface area (Å²) in [7, 11) is 1.68. The van der Waals surface area contributed by atoms with E-state index in [2.05, 4.69) is 22.5 Å². The van der Waals surface area contributed by atoms with Crippen LogP contribution in [0.4, 0.5) is 17.1 Å². The van der Waals surface area contributed by atoms with E-state index in [-0.39, 0.29) is 17.6 Å². The number of carbonyl (C=O) groups excluding carboxylic acids is 1. The van der Waals surface area contributed by atoms with Gasteiger partial charge in [0.25, 0.3) is 11.6 Å². The molecule has 1 aliphatic heterocycles.